The van der Waals surface area contributed by atoms with Crippen LogP contribution in [0.5, 0.6) is 0 Å². The molecule has 7 heteroatoms. The molecular weight excluding hydrogens is 500 g/mol. The van der Waals surface area contributed by atoms with Gasteiger partial charge in [0.05, 0.1) is 38.8 Å². The van der Waals surface area contributed by atoms with Gasteiger partial charge >= 0.3 is 0 Å². The second-order valence-corrected chi connectivity index (χ2v) is 21.6. The average molecular weight is 551 g/mol. The van der Waals surface area contributed by atoms with E-state index in [0.29, 0.717) is 0 Å². The lowest BCUT2D eigenvalue weighted by Gasteiger charge is -2.55. The van der Waals surface area contributed by atoms with Crippen molar-refractivity contribution in [2.45, 2.75) is 126 Å². The molecule has 0 saturated carbocycles. The van der Waals surface area contributed by atoms with E-state index < -0.39 is 0 Å². The van der Waals surface area contributed by atoms with Gasteiger partial charge in [0.2, 0.25) is 0 Å². The van der Waals surface area contributed by atoms with E-state index in [-0.39, 0.29) is 48.0 Å². The molecule has 4 aliphatic heterocycles. The molecule has 0 atom stereocenters. The Morgan fingerprint density at radius 3 is 1.19 bits per heavy atom. The third kappa shape index (κ3) is 5.32. The summed E-state index contributed by atoms with van der Waals surface area (Å²) in [5.41, 5.74) is 2.94. The van der Waals surface area contributed by atoms with Gasteiger partial charge in [0.1, 0.15) is 7.05 Å². The molecule has 0 unspecified atom stereocenters. The van der Waals surface area contributed by atoms with Crippen LogP contribution in [0.25, 0.3) is 0 Å². The van der Waals surface area contributed by atoms with Crippen molar-refractivity contribution in [1.29, 1.82) is 0 Å². The van der Waals surface area contributed by atoms with Crippen molar-refractivity contribution in [2.75, 3.05) is 26.4 Å². The first-order valence-electron chi connectivity index (χ1n) is 14.2. The fourth-order valence-electron chi connectivity index (χ4n) is 8.36. The van der Waals surface area contributed by atoms with Crippen molar-refractivity contribution in [3.8, 4) is 0 Å². The molecule has 1 aromatic rings. The Kier molecular flexibility index (Phi) is 7.25. The standard InChI is InChI=1S/C30H50NO4P2/c1-25(2)19-29(32-13-14-33-29)20-26(3,4)36(25)17-23-11-10-12-24(31(23)9)18-37-27(5,6)21-30(22-28(37,7)8)34-15-16-35-30/h10-12H,13-22H2,1-9H3/q+1. The Morgan fingerprint density at radius 1 is 0.595 bits per heavy atom. The van der Waals surface area contributed by atoms with E-state index in [2.05, 4.69) is 85.2 Å². The molecule has 5 nitrogen and oxygen atoms in total. The summed E-state index contributed by atoms with van der Waals surface area (Å²) in [4.78, 5) is 0. The van der Waals surface area contributed by atoms with Crippen molar-refractivity contribution < 1.29 is 23.5 Å². The molecule has 5 heterocycles. The van der Waals surface area contributed by atoms with Gasteiger partial charge in [-0.1, -0.05) is 71.2 Å². The molecule has 4 fully saturated rings. The molecule has 4 saturated heterocycles. The Balaban J connectivity index is 1.38. The Labute approximate surface area is 227 Å². The molecule has 0 bridgehead atoms. The summed E-state index contributed by atoms with van der Waals surface area (Å²) in [6.45, 7) is 22.6. The van der Waals surface area contributed by atoms with E-state index in [1.807, 2.05) is 0 Å². The molecule has 4 aliphatic rings. The van der Waals surface area contributed by atoms with Gasteiger partial charge in [-0.05, 0) is 26.7 Å². The van der Waals surface area contributed by atoms with Crippen molar-refractivity contribution in [2.24, 2.45) is 7.05 Å². The van der Waals surface area contributed by atoms with Crippen molar-refractivity contribution in [1.82, 2.24) is 0 Å². The molecule has 2 spiro atoms. The number of hydrogen-bond donors (Lipinski definition) is 0. The quantitative estimate of drug-likeness (QED) is 0.310. The number of nitrogens with zero attached hydrogens (tertiary/aromatic N) is 1. The van der Waals surface area contributed by atoms with Gasteiger partial charge in [0, 0.05) is 37.8 Å². The largest absolute Gasteiger partial charge is 0.347 e. The molecule has 0 amide bonds. The van der Waals surface area contributed by atoms with Gasteiger partial charge in [0.25, 0.3) is 0 Å². The first-order chi connectivity index (χ1) is 17.1. The summed E-state index contributed by atoms with van der Waals surface area (Å²) in [7, 11) is 1.74. The first kappa shape index (κ1) is 28.4. The van der Waals surface area contributed by atoms with Crippen LogP contribution in [-0.2, 0) is 38.3 Å². The zero-order chi connectivity index (χ0) is 26.9. The third-order valence-electron chi connectivity index (χ3n) is 9.44. The lowest BCUT2D eigenvalue weighted by molar-refractivity contribution is -0.684. The second kappa shape index (κ2) is 9.46. The molecule has 208 valence electrons. The van der Waals surface area contributed by atoms with Crippen LogP contribution >= 0.6 is 15.8 Å². The maximum atomic E-state index is 6.22. The Bertz CT molecular complexity index is 893. The minimum absolute atomic E-state index is 0.192. The summed E-state index contributed by atoms with van der Waals surface area (Å²) >= 11 is 0. The van der Waals surface area contributed by atoms with Crippen LogP contribution in [0.3, 0.4) is 0 Å². The SMILES string of the molecule is C[n+]1c(CP2C(C)(C)CC3(CC2(C)C)OCCO3)cccc1CP1C(C)(C)CC2(CC1(C)C)OCCO2. The van der Waals surface area contributed by atoms with Crippen molar-refractivity contribution in [3.05, 3.63) is 29.6 Å². The van der Waals surface area contributed by atoms with Crippen LogP contribution in [0.4, 0.5) is 0 Å². The predicted molar refractivity (Wildman–Crippen MR) is 153 cm³/mol. The summed E-state index contributed by atoms with van der Waals surface area (Å²) in [5, 5.41) is 0.768. The number of rotatable bonds is 4. The van der Waals surface area contributed by atoms with Gasteiger partial charge in [-0.2, -0.15) is 0 Å². The van der Waals surface area contributed by atoms with Crippen LogP contribution < -0.4 is 4.57 Å². The smallest absolute Gasteiger partial charge is 0.185 e. The fourth-order valence-corrected chi connectivity index (χ4v) is 16.4. The van der Waals surface area contributed by atoms with Crippen LogP contribution in [0.15, 0.2) is 18.2 Å². The summed E-state index contributed by atoms with van der Waals surface area (Å²) < 4.78 is 27.4. The maximum Gasteiger partial charge on any atom is 0.185 e. The van der Waals surface area contributed by atoms with Gasteiger partial charge in [-0.25, -0.2) is 4.57 Å². The van der Waals surface area contributed by atoms with E-state index in [1.54, 1.807) is 0 Å². The fraction of sp³-hybridized carbons (Fsp3) is 0.833. The third-order valence-corrected chi connectivity index (χ3v) is 17.2. The topological polar surface area (TPSA) is 40.8 Å². The van der Waals surface area contributed by atoms with Gasteiger partial charge in [-0.15, -0.1) is 0 Å². The van der Waals surface area contributed by atoms with E-state index in [9.17, 15) is 0 Å². The van der Waals surface area contributed by atoms with Gasteiger partial charge < -0.3 is 18.9 Å². The number of aromatic nitrogens is 1. The van der Waals surface area contributed by atoms with Crippen LogP contribution in [0.1, 0.15) is 92.5 Å². The number of pyridine rings is 1. The molecule has 0 N–H and O–H groups in total. The van der Waals surface area contributed by atoms with Gasteiger partial charge in [0.15, 0.2) is 23.0 Å². The zero-order valence-corrected chi connectivity index (χ0v) is 26.6. The molecule has 37 heavy (non-hydrogen) atoms. The predicted octanol–water partition coefficient (Wildman–Crippen LogP) is 6.66. The van der Waals surface area contributed by atoms with Crippen LogP contribution in [0, 0.1) is 0 Å². The number of ether oxygens (including phenoxy) is 4. The lowest BCUT2D eigenvalue weighted by atomic mass is 9.91. The highest BCUT2D eigenvalue weighted by molar-refractivity contribution is 7.60. The first-order valence-corrected chi connectivity index (χ1v) is 17.2. The molecule has 5 rings (SSSR count). The Hall–Kier alpha value is -0.150. The lowest BCUT2D eigenvalue weighted by Crippen LogP contribution is -2.52. The van der Waals surface area contributed by atoms with E-state index in [1.165, 1.54) is 11.4 Å². The van der Waals surface area contributed by atoms with Gasteiger partial charge in [-0.3, -0.25) is 0 Å². The monoisotopic (exact) mass is 550 g/mol. The normalized spacial score (nSPS) is 29.8. The van der Waals surface area contributed by atoms with Crippen molar-refractivity contribution in [3.63, 3.8) is 0 Å². The van der Waals surface area contributed by atoms with E-state index >= 15 is 0 Å². The molecule has 0 radical (unpaired) electrons. The highest BCUT2D eigenvalue weighted by Crippen LogP contribution is 2.71. The van der Waals surface area contributed by atoms with Crippen LogP contribution in [-0.4, -0.2) is 58.6 Å². The Morgan fingerprint density at radius 2 is 0.892 bits per heavy atom. The highest BCUT2D eigenvalue weighted by atomic mass is 31.1. The summed E-state index contributed by atoms with van der Waals surface area (Å²) in [6, 6.07) is 7.04. The molecular formula is C30H50NO4P2+. The maximum absolute atomic E-state index is 6.22. The van der Waals surface area contributed by atoms with Crippen LogP contribution in [0.2, 0.25) is 0 Å². The molecule has 1 aromatic heterocycles. The number of hydrogen-bond acceptors (Lipinski definition) is 4. The summed E-state index contributed by atoms with van der Waals surface area (Å²) in [5.74, 6) is -0.749. The zero-order valence-electron chi connectivity index (χ0n) is 24.8. The highest BCUT2D eigenvalue weighted by Gasteiger charge is 2.58. The molecule has 0 aliphatic carbocycles. The van der Waals surface area contributed by atoms with E-state index in [0.717, 1.165) is 64.4 Å². The summed E-state index contributed by atoms with van der Waals surface area (Å²) in [6.07, 6.45) is 6.28. The minimum Gasteiger partial charge on any atom is -0.347 e. The minimum atomic E-state index is -0.374. The average Bonchev–Trinajstić information content (AvgIpc) is 3.37. The van der Waals surface area contributed by atoms with E-state index in [4.69, 9.17) is 18.9 Å². The molecule has 0 aromatic carbocycles. The second-order valence-electron chi connectivity index (χ2n) is 14.4. The van der Waals surface area contributed by atoms with Crippen molar-refractivity contribution >= 4 is 15.8 Å².